The van der Waals surface area contributed by atoms with Crippen molar-refractivity contribution in [2.75, 3.05) is 12.3 Å². The van der Waals surface area contributed by atoms with Crippen LogP contribution in [0, 0.1) is 11.3 Å². The number of nitrogens with one attached hydrogen (secondary N) is 1. The first-order valence-corrected chi connectivity index (χ1v) is 8.27. The lowest BCUT2D eigenvalue weighted by molar-refractivity contribution is -0.151. The summed E-state index contributed by atoms with van der Waals surface area (Å²) in [5.41, 5.74) is -0.755. The van der Waals surface area contributed by atoms with E-state index in [1.807, 2.05) is 0 Å². The molecule has 0 heterocycles. The molecule has 0 unspecified atom stereocenters. The van der Waals surface area contributed by atoms with Gasteiger partial charge in [0.25, 0.3) is 0 Å². The van der Waals surface area contributed by atoms with Crippen molar-refractivity contribution < 1.29 is 14.7 Å². The van der Waals surface area contributed by atoms with Gasteiger partial charge >= 0.3 is 5.97 Å². The summed E-state index contributed by atoms with van der Waals surface area (Å²) in [4.78, 5) is 23.4. The molecule has 4 nitrogen and oxygen atoms in total. The Balaban J connectivity index is 2.48. The van der Waals surface area contributed by atoms with Crippen LogP contribution in [-0.2, 0) is 9.59 Å². The molecular weight excluding hydrogens is 274 g/mol. The van der Waals surface area contributed by atoms with Gasteiger partial charge in [-0.05, 0) is 31.6 Å². The lowest BCUT2D eigenvalue weighted by Gasteiger charge is -2.35. The Hall–Kier alpha value is -0.710. The van der Waals surface area contributed by atoms with E-state index in [9.17, 15) is 14.7 Å². The largest absolute Gasteiger partial charge is 0.481 e. The van der Waals surface area contributed by atoms with Gasteiger partial charge < -0.3 is 10.4 Å². The van der Waals surface area contributed by atoms with E-state index in [-0.39, 0.29) is 17.2 Å². The zero-order valence-electron chi connectivity index (χ0n) is 13.0. The monoisotopic (exact) mass is 301 g/mol. The molecule has 1 aliphatic rings. The molecule has 5 heteroatoms. The van der Waals surface area contributed by atoms with Gasteiger partial charge in [0.2, 0.25) is 5.91 Å². The molecule has 0 radical (unpaired) electrons. The van der Waals surface area contributed by atoms with Crippen LogP contribution in [0.1, 0.15) is 53.4 Å². The summed E-state index contributed by atoms with van der Waals surface area (Å²) in [6, 6.07) is 0. The highest BCUT2D eigenvalue weighted by Gasteiger charge is 2.41. The summed E-state index contributed by atoms with van der Waals surface area (Å²) in [5.74, 6) is 0.141. The lowest BCUT2D eigenvalue weighted by atomic mass is 9.71. The van der Waals surface area contributed by atoms with Crippen LogP contribution in [0.3, 0.4) is 0 Å². The van der Waals surface area contributed by atoms with Crippen molar-refractivity contribution in [1.82, 2.24) is 5.32 Å². The third kappa shape index (κ3) is 5.35. The Bertz CT molecular complexity index is 355. The maximum Gasteiger partial charge on any atom is 0.311 e. The van der Waals surface area contributed by atoms with Crippen molar-refractivity contribution in [1.29, 1.82) is 0 Å². The molecule has 0 aromatic heterocycles. The Morgan fingerprint density at radius 2 is 1.85 bits per heavy atom. The Morgan fingerprint density at radius 3 is 2.30 bits per heavy atom. The number of hydrogen-bond donors (Lipinski definition) is 2. The normalized spacial score (nSPS) is 27.1. The number of thioether (sulfide) groups is 1. The summed E-state index contributed by atoms with van der Waals surface area (Å²) < 4.78 is 0.0437. The molecule has 1 fully saturated rings. The van der Waals surface area contributed by atoms with Crippen LogP contribution in [0.25, 0.3) is 0 Å². The molecule has 20 heavy (non-hydrogen) atoms. The van der Waals surface area contributed by atoms with Gasteiger partial charge in [0.15, 0.2) is 0 Å². The molecule has 0 aromatic carbocycles. The highest BCUT2D eigenvalue weighted by molar-refractivity contribution is 8.01. The first-order valence-electron chi connectivity index (χ1n) is 7.29. The highest BCUT2D eigenvalue weighted by Crippen LogP contribution is 2.38. The van der Waals surface area contributed by atoms with Crippen molar-refractivity contribution >= 4 is 23.6 Å². The van der Waals surface area contributed by atoms with E-state index < -0.39 is 11.4 Å². The molecule has 1 saturated carbocycles. The van der Waals surface area contributed by atoms with Gasteiger partial charge in [0.05, 0.1) is 11.2 Å². The average molecular weight is 301 g/mol. The van der Waals surface area contributed by atoms with Crippen molar-refractivity contribution in [3.8, 4) is 0 Å². The van der Waals surface area contributed by atoms with E-state index in [4.69, 9.17) is 0 Å². The maximum atomic E-state index is 11.8. The second-order valence-corrected chi connectivity index (χ2v) is 8.75. The predicted molar refractivity (Wildman–Crippen MR) is 82.9 cm³/mol. The molecule has 0 spiro atoms. The van der Waals surface area contributed by atoms with E-state index in [0.717, 1.165) is 12.8 Å². The summed E-state index contributed by atoms with van der Waals surface area (Å²) in [6.07, 6.45) is 3.18. The minimum absolute atomic E-state index is 0.0437. The smallest absolute Gasteiger partial charge is 0.311 e. The van der Waals surface area contributed by atoms with Crippen LogP contribution in [-0.4, -0.2) is 34.0 Å². The van der Waals surface area contributed by atoms with Gasteiger partial charge in [-0.2, -0.15) is 0 Å². The molecule has 1 rings (SSSR count). The van der Waals surface area contributed by atoms with E-state index in [1.54, 1.807) is 11.8 Å². The number of carbonyl (C=O) groups excluding carboxylic acids is 1. The summed E-state index contributed by atoms with van der Waals surface area (Å²) in [7, 11) is 0. The number of hydrogen-bond acceptors (Lipinski definition) is 3. The van der Waals surface area contributed by atoms with Gasteiger partial charge in [-0.15, -0.1) is 11.8 Å². The lowest BCUT2D eigenvalue weighted by Crippen LogP contribution is -2.45. The molecule has 0 bridgehead atoms. The number of aliphatic carboxylic acids is 1. The van der Waals surface area contributed by atoms with E-state index in [1.165, 1.54) is 0 Å². The molecule has 0 aromatic rings. The Kier molecular flexibility index (Phi) is 5.92. The van der Waals surface area contributed by atoms with Gasteiger partial charge in [0.1, 0.15) is 0 Å². The molecule has 0 saturated heterocycles. The fourth-order valence-electron chi connectivity index (χ4n) is 2.38. The van der Waals surface area contributed by atoms with Gasteiger partial charge in [-0.25, -0.2) is 0 Å². The quantitative estimate of drug-likeness (QED) is 0.819. The molecule has 0 aliphatic heterocycles. The number of carboxylic acid groups (broad SMARTS) is 1. The molecule has 2 N–H and O–H groups in total. The summed E-state index contributed by atoms with van der Waals surface area (Å²) in [5, 5.41) is 12.3. The number of carbonyl (C=O) groups is 2. The topological polar surface area (TPSA) is 66.4 Å². The van der Waals surface area contributed by atoms with Crippen LogP contribution in [0.5, 0.6) is 0 Å². The first-order chi connectivity index (χ1) is 9.15. The minimum Gasteiger partial charge on any atom is -0.481 e. The molecule has 1 aliphatic carbocycles. The van der Waals surface area contributed by atoms with Crippen molar-refractivity contribution in [3.63, 3.8) is 0 Å². The first kappa shape index (κ1) is 17.3. The minimum atomic E-state index is -0.770. The third-order valence-electron chi connectivity index (χ3n) is 3.95. The zero-order chi connectivity index (χ0) is 15.4. The molecular formula is C15H27NO3S. The van der Waals surface area contributed by atoms with Crippen LogP contribution < -0.4 is 5.32 Å². The Morgan fingerprint density at radius 1 is 1.30 bits per heavy atom. The van der Waals surface area contributed by atoms with Crippen LogP contribution in [0.15, 0.2) is 0 Å². The van der Waals surface area contributed by atoms with Crippen LogP contribution in [0.2, 0.25) is 0 Å². The van der Waals surface area contributed by atoms with Crippen LogP contribution in [0.4, 0.5) is 0 Å². The maximum absolute atomic E-state index is 11.8. The SMILES string of the molecule is CC1CCC(CNC(=O)CSC(C)(C)C)(C(=O)O)CC1. The van der Waals surface area contributed by atoms with E-state index >= 15 is 0 Å². The highest BCUT2D eigenvalue weighted by atomic mass is 32.2. The van der Waals surface area contributed by atoms with E-state index in [2.05, 4.69) is 33.0 Å². The molecule has 116 valence electrons. The molecule has 1 amide bonds. The molecule has 0 atom stereocenters. The average Bonchev–Trinajstić information content (AvgIpc) is 2.35. The summed E-state index contributed by atoms with van der Waals surface area (Å²) >= 11 is 1.58. The Labute approximate surface area is 126 Å². The zero-order valence-corrected chi connectivity index (χ0v) is 13.8. The third-order valence-corrected chi connectivity index (χ3v) is 5.22. The second kappa shape index (κ2) is 6.83. The summed E-state index contributed by atoms with van der Waals surface area (Å²) in [6.45, 7) is 8.60. The van der Waals surface area contributed by atoms with Gasteiger partial charge in [0, 0.05) is 11.3 Å². The fraction of sp³-hybridized carbons (Fsp3) is 0.867. The van der Waals surface area contributed by atoms with Gasteiger partial charge in [-0.1, -0.05) is 27.7 Å². The second-order valence-electron chi connectivity index (χ2n) is 6.95. The van der Waals surface area contributed by atoms with Crippen molar-refractivity contribution in [2.24, 2.45) is 11.3 Å². The van der Waals surface area contributed by atoms with Crippen molar-refractivity contribution in [3.05, 3.63) is 0 Å². The van der Waals surface area contributed by atoms with Crippen LogP contribution >= 0.6 is 11.8 Å². The van der Waals surface area contributed by atoms with E-state index in [0.29, 0.717) is 24.5 Å². The standard InChI is InChI=1S/C15H27NO3S/c1-11-5-7-15(8-6-11,13(18)19)10-16-12(17)9-20-14(2,3)4/h11H,5-10H2,1-4H3,(H,16,17)(H,18,19). The number of carboxylic acids is 1. The van der Waals surface area contributed by atoms with Gasteiger partial charge in [-0.3, -0.25) is 9.59 Å². The number of amides is 1. The fourth-order valence-corrected chi connectivity index (χ4v) is 3.05. The predicted octanol–water partition coefficient (Wildman–Crippen LogP) is 2.92. The number of rotatable bonds is 5. The van der Waals surface area contributed by atoms with Crippen molar-refractivity contribution in [2.45, 2.75) is 58.1 Å².